The third kappa shape index (κ3) is 28.3. The van der Waals surface area contributed by atoms with Crippen LogP contribution in [0.2, 0.25) is 0 Å². The monoisotopic (exact) mass is 984 g/mol. The van der Waals surface area contributed by atoms with Gasteiger partial charge in [0.2, 0.25) is 5.91 Å². The molecule has 9 N–H and O–H groups in total. The van der Waals surface area contributed by atoms with Crippen molar-refractivity contribution < 1.29 is 64.6 Å². The van der Waals surface area contributed by atoms with Crippen LogP contribution in [-0.2, 0) is 23.7 Å². The number of aliphatic hydroxyl groups excluding tert-OH is 8. The van der Waals surface area contributed by atoms with Gasteiger partial charge in [0, 0.05) is 6.42 Å². The number of hydrogen-bond acceptors (Lipinski definition) is 13. The minimum absolute atomic E-state index is 0.247. The average molecular weight is 984 g/mol. The maximum atomic E-state index is 13.2. The third-order valence-electron chi connectivity index (χ3n) is 13.6. The van der Waals surface area contributed by atoms with Gasteiger partial charge in [-0.1, -0.05) is 192 Å². The largest absolute Gasteiger partial charge is 0.394 e. The summed E-state index contributed by atoms with van der Waals surface area (Å²) in [5.74, 6) is -0.247. The Morgan fingerprint density at radius 3 is 1.46 bits per heavy atom. The highest BCUT2D eigenvalue weighted by Gasteiger charge is 2.51. The summed E-state index contributed by atoms with van der Waals surface area (Å²) in [7, 11) is 0. The molecule has 14 heteroatoms. The van der Waals surface area contributed by atoms with E-state index in [-0.39, 0.29) is 18.9 Å². The van der Waals surface area contributed by atoms with E-state index in [2.05, 4.69) is 43.5 Å². The molecule has 2 heterocycles. The third-order valence-corrected chi connectivity index (χ3v) is 13.6. The summed E-state index contributed by atoms with van der Waals surface area (Å²) in [5, 5.41) is 86.9. The van der Waals surface area contributed by atoms with Crippen molar-refractivity contribution in [3.05, 3.63) is 36.5 Å². The van der Waals surface area contributed by atoms with Crippen LogP contribution in [0.25, 0.3) is 0 Å². The van der Waals surface area contributed by atoms with Gasteiger partial charge in [-0.15, -0.1) is 0 Å². The summed E-state index contributed by atoms with van der Waals surface area (Å²) in [4.78, 5) is 13.2. The van der Waals surface area contributed by atoms with Crippen LogP contribution in [0.3, 0.4) is 0 Å². The number of amides is 1. The molecule has 0 aromatic rings. The fourth-order valence-electron chi connectivity index (χ4n) is 9.03. The van der Waals surface area contributed by atoms with Gasteiger partial charge in [-0.05, 0) is 51.4 Å². The molecule has 2 saturated heterocycles. The van der Waals surface area contributed by atoms with E-state index in [1.165, 1.54) is 128 Å². The maximum Gasteiger partial charge on any atom is 0.220 e. The highest BCUT2D eigenvalue weighted by Crippen LogP contribution is 2.30. The zero-order valence-electron chi connectivity index (χ0n) is 43.1. The van der Waals surface area contributed by atoms with Crippen molar-refractivity contribution in [2.45, 2.75) is 286 Å². The van der Waals surface area contributed by atoms with Gasteiger partial charge in [-0.3, -0.25) is 4.79 Å². The second-order valence-electron chi connectivity index (χ2n) is 19.7. The summed E-state index contributed by atoms with van der Waals surface area (Å²) in [6.45, 7) is 2.77. The number of ether oxygens (including phenoxy) is 4. The van der Waals surface area contributed by atoms with E-state index in [1.54, 1.807) is 6.08 Å². The first kappa shape index (κ1) is 63.3. The predicted octanol–water partition coefficient (Wildman–Crippen LogP) is 8.27. The Labute approximate surface area is 417 Å². The van der Waals surface area contributed by atoms with Gasteiger partial charge < -0.3 is 65.1 Å². The zero-order valence-corrected chi connectivity index (χ0v) is 43.1. The van der Waals surface area contributed by atoms with Crippen LogP contribution in [0.1, 0.15) is 213 Å². The molecule has 0 spiro atoms. The Morgan fingerprint density at radius 2 is 0.957 bits per heavy atom. The van der Waals surface area contributed by atoms with E-state index in [9.17, 15) is 45.6 Å². The molecule has 0 radical (unpaired) electrons. The number of rotatable bonds is 43. The van der Waals surface area contributed by atoms with Crippen molar-refractivity contribution >= 4 is 5.91 Å². The van der Waals surface area contributed by atoms with Gasteiger partial charge >= 0.3 is 0 Å². The molecule has 12 unspecified atom stereocenters. The average Bonchev–Trinajstić information content (AvgIpc) is 3.35. The Morgan fingerprint density at radius 1 is 0.522 bits per heavy atom. The van der Waals surface area contributed by atoms with Crippen LogP contribution in [0.5, 0.6) is 0 Å². The van der Waals surface area contributed by atoms with Crippen molar-refractivity contribution in [3.8, 4) is 0 Å². The van der Waals surface area contributed by atoms with Crippen molar-refractivity contribution in [3.63, 3.8) is 0 Å². The van der Waals surface area contributed by atoms with Crippen LogP contribution in [0, 0.1) is 0 Å². The fraction of sp³-hybridized carbons (Fsp3) is 0.873. The fourth-order valence-corrected chi connectivity index (χ4v) is 9.03. The summed E-state index contributed by atoms with van der Waals surface area (Å²) >= 11 is 0. The lowest BCUT2D eigenvalue weighted by atomic mass is 9.97. The molecule has 2 fully saturated rings. The van der Waals surface area contributed by atoms with Crippen LogP contribution in [0.4, 0.5) is 0 Å². The lowest BCUT2D eigenvalue weighted by Crippen LogP contribution is -2.65. The molecule has 0 aromatic heterocycles. The normalized spacial score (nSPS) is 26.4. The zero-order chi connectivity index (χ0) is 50.3. The molecule has 0 aromatic carbocycles. The molecule has 0 bridgehead atoms. The SMILES string of the molecule is CCCCCC/C=C\C/C=C\CCCCCCCCCC(=O)NC(COC1OC(CO)C(OC2OC(CO)C(O)C(O)C2O)C(O)C1O)C(O)/C=C/CCCCCCCCCCCCCCCCC. The van der Waals surface area contributed by atoms with Crippen LogP contribution >= 0.6 is 0 Å². The van der Waals surface area contributed by atoms with Crippen LogP contribution < -0.4 is 5.32 Å². The molecular weight excluding hydrogens is 883 g/mol. The molecule has 2 aliphatic rings. The Kier molecular flexibility index (Phi) is 38.2. The summed E-state index contributed by atoms with van der Waals surface area (Å²) in [6.07, 6.45) is 31.7. The first-order valence-electron chi connectivity index (χ1n) is 27.7. The number of nitrogens with one attached hydrogen (secondary N) is 1. The van der Waals surface area contributed by atoms with Gasteiger partial charge in [-0.25, -0.2) is 0 Å². The lowest BCUT2D eigenvalue weighted by Gasteiger charge is -2.46. The summed E-state index contributed by atoms with van der Waals surface area (Å²) in [5.41, 5.74) is 0. The predicted molar refractivity (Wildman–Crippen MR) is 272 cm³/mol. The van der Waals surface area contributed by atoms with Gasteiger partial charge in [-0.2, -0.15) is 0 Å². The number of hydrogen-bond donors (Lipinski definition) is 9. The van der Waals surface area contributed by atoms with E-state index in [1.807, 2.05) is 6.08 Å². The molecule has 2 rings (SSSR count). The summed E-state index contributed by atoms with van der Waals surface area (Å²) in [6, 6.07) is -0.918. The van der Waals surface area contributed by atoms with Crippen molar-refractivity contribution in [1.29, 1.82) is 0 Å². The van der Waals surface area contributed by atoms with Crippen LogP contribution in [-0.4, -0.2) is 140 Å². The van der Waals surface area contributed by atoms with E-state index >= 15 is 0 Å². The number of allylic oxidation sites excluding steroid dienone is 5. The van der Waals surface area contributed by atoms with E-state index in [4.69, 9.17) is 18.9 Å². The number of carbonyl (C=O) groups excluding carboxylic acids is 1. The lowest BCUT2D eigenvalue weighted by molar-refractivity contribution is -0.359. The van der Waals surface area contributed by atoms with Gasteiger partial charge in [0.25, 0.3) is 0 Å². The number of unbranched alkanes of at least 4 members (excludes halogenated alkanes) is 26. The Balaban J connectivity index is 1.82. The first-order valence-corrected chi connectivity index (χ1v) is 27.7. The second kappa shape index (κ2) is 41.7. The van der Waals surface area contributed by atoms with Gasteiger partial charge in [0.15, 0.2) is 12.6 Å². The molecule has 0 saturated carbocycles. The second-order valence-corrected chi connectivity index (χ2v) is 19.7. The topological polar surface area (TPSA) is 228 Å². The Bertz CT molecular complexity index is 1300. The molecule has 2 aliphatic heterocycles. The maximum absolute atomic E-state index is 13.2. The van der Waals surface area contributed by atoms with Crippen molar-refractivity contribution in [2.24, 2.45) is 0 Å². The standard InChI is InChI=1S/C55H101NO13/c1-3-5-7-9-11-13-15-17-19-21-23-25-27-29-31-33-35-37-39-47(60)56-43(44(59)38-36-34-32-30-28-26-24-22-20-18-16-14-12-10-8-6-4-2)42-66-54-52(65)50(63)53(46(41-58)68-54)69-55-51(64)49(62)48(61)45(40-57)67-55/h13,15,19,21,36,38,43-46,48-55,57-59,61-65H,3-12,14,16-18,20,22-35,37,39-42H2,1-2H3,(H,56,60)/b15-13-,21-19-,38-36+. The molecule has 404 valence electrons. The molecular formula is C55H101NO13. The highest BCUT2D eigenvalue weighted by molar-refractivity contribution is 5.76. The minimum atomic E-state index is -1.79. The molecule has 1 amide bonds. The quantitative estimate of drug-likeness (QED) is 0.0207. The van der Waals surface area contributed by atoms with E-state index in [0.29, 0.717) is 6.42 Å². The number of aliphatic hydroxyl groups is 8. The van der Waals surface area contributed by atoms with Gasteiger partial charge in [0.05, 0.1) is 32.0 Å². The van der Waals surface area contributed by atoms with E-state index in [0.717, 1.165) is 57.8 Å². The molecule has 0 aliphatic carbocycles. The smallest absolute Gasteiger partial charge is 0.220 e. The molecule has 12 atom stereocenters. The van der Waals surface area contributed by atoms with E-state index < -0.39 is 86.8 Å². The van der Waals surface area contributed by atoms with Crippen molar-refractivity contribution in [2.75, 3.05) is 19.8 Å². The summed E-state index contributed by atoms with van der Waals surface area (Å²) < 4.78 is 22.7. The Hall–Kier alpha value is -1.79. The molecule has 69 heavy (non-hydrogen) atoms. The number of carbonyl (C=O) groups is 1. The van der Waals surface area contributed by atoms with Crippen molar-refractivity contribution in [1.82, 2.24) is 5.32 Å². The van der Waals surface area contributed by atoms with Crippen LogP contribution in [0.15, 0.2) is 36.5 Å². The minimum Gasteiger partial charge on any atom is -0.394 e. The first-order chi connectivity index (χ1) is 33.6. The highest BCUT2D eigenvalue weighted by atomic mass is 16.7. The van der Waals surface area contributed by atoms with Gasteiger partial charge in [0.1, 0.15) is 48.8 Å². The molecule has 14 nitrogen and oxygen atoms in total.